The average molecular weight is 249 g/mol. The Kier molecular flexibility index (Phi) is 5.35. The smallest absolute Gasteiger partial charge is 0.249 e. The number of hydrogen-bond donors (Lipinski definition) is 1. The van der Waals surface area contributed by atoms with Crippen molar-refractivity contribution in [3.05, 3.63) is 35.4 Å². The Morgan fingerprint density at radius 1 is 1.06 bits per heavy atom. The van der Waals surface area contributed by atoms with Gasteiger partial charge in [-0.2, -0.15) is 0 Å². The third-order valence-corrected chi connectivity index (χ3v) is 3.18. The topological polar surface area (TPSA) is 38.3 Å². The monoisotopic (exact) mass is 249 g/mol. The van der Waals surface area contributed by atoms with Crippen LogP contribution in [0.15, 0.2) is 24.3 Å². The molecule has 1 aromatic carbocycles. The van der Waals surface area contributed by atoms with E-state index in [1.54, 1.807) is 6.92 Å². The number of rotatable bonds is 5. The van der Waals surface area contributed by atoms with Crippen molar-refractivity contribution >= 4 is 5.91 Å². The number of ether oxygens (including phenoxy) is 1. The molecule has 0 radical (unpaired) electrons. The molecule has 0 heterocycles. The number of hydrogen-bond acceptors (Lipinski definition) is 2. The highest BCUT2D eigenvalue weighted by atomic mass is 16.5. The van der Waals surface area contributed by atoms with Gasteiger partial charge in [0.25, 0.3) is 0 Å². The predicted octanol–water partition coefficient (Wildman–Crippen LogP) is 3.02. The van der Waals surface area contributed by atoms with E-state index >= 15 is 0 Å². The molecule has 0 aromatic heterocycles. The summed E-state index contributed by atoms with van der Waals surface area (Å²) in [7, 11) is 1.53. The summed E-state index contributed by atoms with van der Waals surface area (Å²) in [6, 6.07) is 8.36. The van der Waals surface area contributed by atoms with Gasteiger partial charge in [-0.1, -0.05) is 38.1 Å². The minimum absolute atomic E-state index is 0.00341. The lowest BCUT2D eigenvalue weighted by Crippen LogP contribution is -2.35. The van der Waals surface area contributed by atoms with Crippen molar-refractivity contribution in [2.24, 2.45) is 0 Å². The van der Waals surface area contributed by atoms with E-state index in [0.717, 1.165) is 5.56 Å². The Bertz CT molecular complexity index is 384. The molecule has 0 fully saturated rings. The van der Waals surface area contributed by atoms with Crippen molar-refractivity contribution in [1.29, 1.82) is 0 Å². The Labute approximate surface area is 110 Å². The second-order valence-electron chi connectivity index (χ2n) is 4.93. The zero-order valence-corrected chi connectivity index (χ0v) is 11.9. The molecular weight excluding hydrogens is 226 g/mol. The molecule has 1 amide bonds. The molecule has 0 saturated heterocycles. The van der Waals surface area contributed by atoms with Gasteiger partial charge < -0.3 is 10.1 Å². The molecule has 0 bridgehead atoms. The molecule has 2 unspecified atom stereocenters. The van der Waals surface area contributed by atoms with Gasteiger partial charge in [0, 0.05) is 7.11 Å². The Balaban J connectivity index is 2.67. The van der Waals surface area contributed by atoms with Gasteiger partial charge in [0.2, 0.25) is 5.91 Å². The van der Waals surface area contributed by atoms with Crippen LogP contribution in [-0.2, 0) is 9.53 Å². The summed E-state index contributed by atoms with van der Waals surface area (Å²) in [5.74, 6) is 0.440. The van der Waals surface area contributed by atoms with Crippen molar-refractivity contribution in [1.82, 2.24) is 5.32 Å². The molecule has 0 aliphatic heterocycles. The van der Waals surface area contributed by atoms with Gasteiger partial charge in [0.15, 0.2) is 0 Å². The average Bonchev–Trinajstić information content (AvgIpc) is 2.37. The van der Waals surface area contributed by atoms with Crippen LogP contribution < -0.4 is 5.32 Å². The Morgan fingerprint density at radius 2 is 1.56 bits per heavy atom. The zero-order chi connectivity index (χ0) is 13.7. The molecule has 0 aliphatic carbocycles. The van der Waals surface area contributed by atoms with Gasteiger partial charge in [-0.3, -0.25) is 4.79 Å². The summed E-state index contributed by atoms with van der Waals surface area (Å²) in [5, 5.41) is 2.93. The first-order valence-corrected chi connectivity index (χ1v) is 6.38. The van der Waals surface area contributed by atoms with E-state index in [4.69, 9.17) is 4.74 Å². The minimum atomic E-state index is -0.414. The van der Waals surface area contributed by atoms with E-state index in [9.17, 15) is 4.79 Å². The number of nitrogens with one attached hydrogen (secondary N) is 1. The Hall–Kier alpha value is -1.35. The van der Waals surface area contributed by atoms with Gasteiger partial charge in [0.05, 0.1) is 6.04 Å². The van der Waals surface area contributed by atoms with Crippen molar-refractivity contribution in [2.75, 3.05) is 7.11 Å². The largest absolute Gasteiger partial charge is 0.372 e. The van der Waals surface area contributed by atoms with Gasteiger partial charge in [-0.15, -0.1) is 0 Å². The number of benzene rings is 1. The fourth-order valence-electron chi connectivity index (χ4n) is 1.69. The summed E-state index contributed by atoms with van der Waals surface area (Å²) in [6.07, 6.45) is -0.414. The summed E-state index contributed by atoms with van der Waals surface area (Å²) in [5.41, 5.74) is 2.42. The van der Waals surface area contributed by atoms with Crippen molar-refractivity contribution in [3.8, 4) is 0 Å². The standard InChI is InChI=1S/C15H23NO2/c1-10(2)13-6-8-14(9-7-13)11(3)16-15(17)12(4)18-5/h6-12H,1-5H3,(H,16,17). The molecule has 0 spiro atoms. The molecule has 3 heteroatoms. The van der Waals surface area contributed by atoms with Crippen LogP contribution in [0.3, 0.4) is 0 Å². The molecule has 3 nitrogen and oxygen atoms in total. The highest BCUT2D eigenvalue weighted by Crippen LogP contribution is 2.18. The van der Waals surface area contributed by atoms with E-state index in [-0.39, 0.29) is 11.9 Å². The quantitative estimate of drug-likeness (QED) is 0.871. The molecule has 0 saturated carbocycles. The first kappa shape index (κ1) is 14.7. The Morgan fingerprint density at radius 3 is 2.00 bits per heavy atom. The summed E-state index contributed by atoms with van der Waals surface area (Å²) in [6.45, 7) is 8.05. The molecule has 1 rings (SSSR count). The lowest BCUT2D eigenvalue weighted by molar-refractivity contribution is -0.130. The third kappa shape index (κ3) is 3.84. The molecule has 1 N–H and O–H groups in total. The van der Waals surface area contributed by atoms with Gasteiger partial charge in [0.1, 0.15) is 6.10 Å². The summed E-state index contributed by atoms with van der Waals surface area (Å²) < 4.78 is 4.99. The molecule has 18 heavy (non-hydrogen) atoms. The van der Waals surface area contributed by atoms with Crippen LogP contribution in [0.5, 0.6) is 0 Å². The lowest BCUT2D eigenvalue weighted by Gasteiger charge is -2.17. The van der Waals surface area contributed by atoms with E-state index < -0.39 is 6.10 Å². The zero-order valence-electron chi connectivity index (χ0n) is 11.9. The normalized spacial score (nSPS) is 14.3. The van der Waals surface area contributed by atoms with Crippen LogP contribution in [-0.4, -0.2) is 19.1 Å². The van der Waals surface area contributed by atoms with E-state index in [2.05, 4.69) is 43.4 Å². The third-order valence-electron chi connectivity index (χ3n) is 3.18. The van der Waals surface area contributed by atoms with Crippen LogP contribution in [0.1, 0.15) is 50.8 Å². The van der Waals surface area contributed by atoms with Gasteiger partial charge >= 0.3 is 0 Å². The molecular formula is C15H23NO2. The van der Waals surface area contributed by atoms with E-state index in [1.165, 1.54) is 12.7 Å². The second-order valence-corrected chi connectivity index (χ2v) is 4.93. The minimum Gasteiger partial charge on any atom is -0.372 e. The number of amides is 1. The van der Waals surface area contributed by atoms with Crippen LogP contribution in [0, 0.1) is 0 Å². The molecule has 100 valence electrons. The fraction of sp³-hybridized carbons (Fsp3) is 0.533. The fourth-order valence-corrected chi connectivity index (χ4v) is 1.69. The SMILES string of the molecule is COC(C)C(=O)NC(C)c1ccc(C(C)C)cc1. The first-order valence-electron chi connectivity index (χ1n) is 6.38. The maximum absolute atomic E-state index is 11.7. The van der Waals surface area contributed by atoms with Crippen molar-refractivity contribution < 1.29 is 9.53 Å². The first-order chi connectivity index (χ1) is 8.45. The number of carbonyl (C=O) groups excluding carboxylic acids is 1. The van der Waals surface area contributed by atoms with Crippen LogP contribution in [0.25, 0.3) is 0 Å². The maximum atomic E-state index is 11.7. The van der Waals surface area contributed by atoms with E-state index in [1.807, 2.05) is 6.92 Å². The van der Waals surface area contributed by atoms with Gasteiger partial charge in [-0.05, 0) is 30.9 Å². The summed E-state index contributed by atoms with van der Waals surface area (Å²) >= 11 is 0. The van der Waals surface area contributed by atoms with Gasteiger partial charge in [-0.25, -0.2) is 0 Å². The number of carbonyl (C=O) groups is 1. The second kappa shape index (κ2) is 6.55. The highest BCUT2D eigenvalue weighted by Gasteiger charge is 2.15. The van der Waals surface area contributed by atoms with Crippen molar-refractivity contribution in [2.45, 2.75) is 45.8 Å². The maximum Gasteiger partial charge on any atom is 0.249 e. The molecule has 1 aromatic rings. The molecule has 0 aliphatic rings. The van der Waals surface area contributed by atoms with E-state index in [0.29, 0.717) is 5.92 Å². The lowest BCUT2D eigenvalue weighted by atomic mass is 9.99. The summed E-state index contributed by atoms with van der Waals surface area (Å²) in [4.78, 5) is 11.7. The highest BCUT2D eigenvalue weighted by molar-refractivity contribution is 5.80. The predicted molar refractivity (Wildman–Crippen MR) is 73.6 cm³/mol. The van der Waals surface area contributed by atoms with Crippen LogP contribution >= 0.6 is 0 Å². The van der Waals surface area contributed by atoms with Crippen LogP contribution in [0.4, 0.5) is 0 Å². The number of methoxy groups -OCH3 is 1. The molecule has 2 atom stereocenters. The van der Waals surface area contributed by atoms with Crippen molar-refractivity contribution in [3.63, 3.8) is 0 Å². The van der Waals surface area contributed by atoms with Crippen LogP contribution in [0.2, 0.25) is 0 Å².